The van der Waals surface area contributed by atoms with Gasteiger partial charge in [0.2, 0.25) is 0 Å². The van der Waals surface area contributed by atoms with Crippen LogP contribution in [0.5, 0.6) is 0 Å². The Balaban J connectivity index is 2.19. The molecule has 0 radical (unpaired) electrons. The van der Waals surface area contributed by atoms with Gasteiger partial charge in [-0.3, -0.25) is 0 Å². The molecule has 4 heteroatoms. The number of rotatable bonds is 4. The van der Waals surface area contributed by atoms with Gasteiger partial charge in [0, 0.05) is 6.54 Å². The SMILES string of the molecule is Cc1ccc(Cl)c(NCc2ccccc2C(=O)O)c1. The second-order valence-electron chi connectivity index (χ2n) is 4.30. The van der Waals surface area contributed by atoms with Crippen molar-refractivity contribution in [2.24, 2.45) is 0 Å². The first kappa shape index (κ1) is 13.4. The molecule has 98 valence electrons. The summed E-state index contributed by atoms with van der Waals surface area (Å²) < 4.78 is 0. The van der Waals surface area contributed by atoms with Gasteiger partial charge in [0.1, 0.15) is 0 Å². The number of hydrogen-bond donors (Lipinski definition) is 2. The predicted molar refractivity (Wildman–Crippen MR) is 76.9 cm³/mol. The third kappa shape index (κ3) is 3.26. The monoisotopic (exact) mass is 275 g/mol. The number of aryl methyl sites for hydroxylation is 1. The normalized spacial score (nSPS) is 10.2. The highest BCUT2D eigenvalue weighted by Crippen LogP contribution is 2.23. The van der Waals surface area contributed by atoms with Crippen molar-refractivity contribution in [3.8, 4) is 0 Å². The Morgan fingerprint density at radius 1 is 1.26 bits per heavy atom. The second-order valence-corrected chi connectivity index (χ2v) is 4.71. The van der Waals surface area contributed by atoms with Gasteiger partial charge in [-0.1, -0.05) is 35.9 Å². The van der Waals surface area contributed by atoms with Gasteiger partial charge in [-0.05, 0) is 36.2 Å². The average Bonchev–Trinajstić information content (AvgIpc) is 2.40. The van der Waals surface area contributed by atoms with E-state index in [-0.39, 0.29) is 0 Å². The minimum Gasteiger partial charge on any atom is -0.478 e. The fraction of sp³-hybridized carbons (Fsp3) is 0.133. The molecule has 2 aromatic rings. The number of carbonyl (C=O) groups is 1. The molecule has 0 heterocycles. The zero-order valence-corrected chi connectivity index (χ0v) is 11.2. The molecule has 2 rings (SSSR count). The molecule has 0 aliphatic rings. The Bertz CT molecular complexity index is 611. The van der Waals surface area contributed by atoms with Crippen molar-refractivity contribution >= 4 is 23.3 Å². The molecular formula is C15H14ClNO2. The molecule has 2 aromatic carbocycles. The first-order chi connectivity index (χ1) is 9.08. The maximum Gasteiger partial charge on any atom is 0.336 e. The first-order valence-corrected chi connectivity index (χ1v) is 6.27. The minimum absolute atomic E-state index is 0.304. The Morgan fingerprint density at radius 2 is 2.00 bits per heavy atom. The second kappa shape index (κ2) is 5.76. The smallest absolute Gasteiger partial charge is 0.336 e. The molecule has 0 fully saturated rings. The van der Waals surface area contributed by atoms with Crippen LogP contribution in [0.15, 0.2) is 42.5 Å². The van der Waals surface area contributed by atoms with Gasteiger partial charge >= 0.3 is 5.97 Å². The Morgan fingerprint density at radius 3 is 2.74 bits per heavy atom. The summed E-state index contributed by atoms with van der Waals surface area (Å²) in [4.78, 5) is 11.1. The van der Waals surface area contributed by atoms with Crippen LogP contribution >= 0.6 is 11.6 Å². The zero-order chi connectivity index (χ0) is 13.8. The number of carboxylic acids is 1. The maximum absolute atomic E-state index is 11.1. The van der Waals surface area contributed by atoms with Crippen LogP contribution in [0.2, 0.25) is 5.02 Å². The third-order valence-electron chi connectivity index (χ3n) is 2.84. The van der Waals surface area contributed by atoms with Crippen LogP contribution in [-0.4, -0.2) is 11.1 Å². The van der Waals surface area contributed by atoms with Gasteiger partial charge in [-0.25, -0.2) is 4.79 Å². The van der Waals surface area contributed by atoms with Gasteiger partial charge < -0.3 is 10.4 Å². The molecule has 0 aliphatic carbocycles. The van der Waals surface area contributed by atoms with E-state index in [1.165, 1.54) is 0 Å². The lowest BCUT2D eigenvalue weighted by molar-refractivity contribution is 0.0696. The third-order valence-corrected chi connectivity index (χ3v) is 3.17. The van der Waals surface area contributed by atoms with E-state index in [1.54, 1.807) is 18.2 Å². The number of benzene rings is 2. The molecule has 0 aliphatic heterocycles. The highest BCUT2D eigenvalue weighted by atomic mass is 35.5. The molecule has 0 saturated carbocycles. The van der Waals surface area contributed by atoms with Gasteiger partial charge in [0.25, 0.3) is 0 Å². The van der Waals surface area contributed by atoms with E-state index in [4.69, 9.17) is 16.7 Å². The molecule has 0 amide bonds. The van der Waals surface area contributed by atoms with Crippen molar-refractivity contribution in [1.82, 2.24) is 0 Å². The Kier molecular flexibility index (Phi) is 4.07. The zero-order valence-electron chi connectivity index (χ0n) is 10.5. The number of nitrogens with one attached hydrogen (secondary N) is 1. The molecule has 19 heavy (non-hydrogen) atoms. The van der Waals surface area contributed by atoms with Gasteiger partial charge in [0.15, 0.2) is 0 Å². The molecule has 0 atom stereocenters. The maximum atomic E-state index is 11.1. The molecule has 0 bridgehead atoms. The van der Waals surface area contributed by atoms with E-state index in [2.05, 4.69) is 5.32 Å². The summed E-state index contributed by atoms with van der Waals surface area (Å²) in [5.74, 6) is -0.923. The highest BCUT2D eigenvalue weighted by molar-refractivity contribution is 6.33. The van der Waals surface area contributed by atoms with Crippen LogP contribution in [0.1, 0.15) is 21.5 Å². The van der Waals surface area contributed by atoms with Gasteiger partial charge in [-0.15, -0.1) is 0 Å². The van der Waals surface area contributed by atoms with E-state index in [0.717, 1.165) is 16.8 Å². The lowest BCUT2D eigenvalue weighted by atomic mass is 10.1. The van der Waals surface area contributed by atoms with Gasteiger partial charge in [-0.2, -0.15) is 0 Å². The molecule has 0 unspecified atom stereocenters. The van der Waals surface area contributed by atoms with Crippen molar-refractivity contribution in [3.05, 3.63) is 64.2 Å². The van der Waals surface area contributed by atoms with E-state index >= 15 is 0 Å². The quantitative estimate of drug-likeness (QED) is 0.888. The molecule has 3 nitrogen and oxygen atoms in total. The summed E-state index contributed by atoms with van der Waals surface area (Å²) in [5.41, 5.74) is 2.94. The molecular weight excluding hydrogens is 262 g/mol. The summed E-state index contributed by atoms with van der Waals surface area (Å²) in [7, 11) is 0. The van der Waals surface area contributed by atoms with E-state index < -0.39 is 5.97 Å². The number of aromatic carboxylic acids is 1. The minimum atomic E-state index is -0.923. The Labute approximate surface area is 116 Å². The van der Waals surface area contributed by atoms with Crippen LogP contribution in [0, 0.1) is 6.92 Å². The topological polar surface area (TPSA) is 49.3 Å². The fourth-order valence-electron chi connectivity index (χ4n) is 1.85. The van der Waals surface area contributed by atoms with Crippen molar-refractivity contribution < 1.29 is 9.90 Å². The van der Waals surface area contributed by atoms with Crippen molar-refractivity contribution in [2.45, 2.75) is 13.5 Å². The number of halogens is 1. The van der Waals surface area contributed by atoms with Crippen LogP contribution in [-0.2, 0) is 6.54 Å². The van der Waals surface area contributed by atoms with E-state index in [0.29, 0.717) is 17.1 Å². The van der Waals surface area contributed by atoms with E-state index in [1.807, 2.05) is 31.2 Å². The molecule has 0 spiro atoms. The highest BCUT2D eigenvalue weighted by Gasteiger charge is 2.09. The largest absolute Gasteiger partial charge is 0.478 e. The number of carboxylic acid groups (broad SMARTS) is 1. The first-order valence-electron chi connectivity index (χ1n) is 5.89. The fourth-order valence-corrected chi connectivity index (χ4v) is 2.03. The molecule has 2 N–H and O–H groups in total. The number of hydrogen-bond acceptors (Lipinski definition) is 2. The lowest BCUT2D eigenvalue weighted by Gasteiger charge is -2.11. The standard InChI is InChI=1S/C15H14ClNO2/c1-10-6-7-13(16)14(8-10)17-9-11-4-2-3-5-12(11)15(18)19/h2-8,17H,9H2,1H3,(H,18,19). The molecule has 0 saturated heterocycles. The van der Waals surface area contributed by atoms with Crippen molar-refractivity contribution in [2.75, 3.05) is 5.32 Å². The van der Waals surface area contributed by atoms with Crippen LogP contribution < -0.4 is 5.32 Å². The predicted octanol–water partition coefficient (Wildman–Crippen LogP) is 3.96. The van der Waals surface area contributed by atoms with Crippen LogP contribution in [0.25, 0.3) is 0 Å². The summed E-state index contributed by atoms with van der Waals surface area (Å²) in [6.45, 7) is 2.40. The average molecular weight is 276 g/mol. The number of anilines is 1. The lowest BCUT2D eigenvalue weighted by Crippen LogP contribution is -2.07. The summed E-state index contributed by atoms with van der Waals surface area (Å²) in [6.07, 6.45) is 0. The van der Waals surface area contributed by atoms with Crippen LogP contribution in [0.4, 0.5) is 5.69 Å². The van der Waals surface area contributed by atoms with Gasteiger partial charge in [0.05, 0.1) is 16.3 Å². The van der Waals surface area contributed by atoms with Crippen molar-refractivity contribution in [3.63, 3.8) is 0 Å². The summed E-state index contributed by atoms with van der Waals surface area (Å²) in [6, 6.07) is 12.6. The van der Waals surface area contributed by atoms with E-state index in [9.17, 15) is 4.79 Å². The van der Waals surface area contributed by atoms with Crippen molar-refractivity contribution in [1.29, 1.82) is 0 Å². The van der Waals surface area contributed by atoms with Crippen LogP contribution in [0.3, 0.4) is 0 Å². The summed E-state index contributed by atoms with van der Waals surface area (Å²) in [5, 5.41) is 12.9. The Hall–Kier alpha value is -2.00. The molecule has 0 aromatic heterocycles. The summed E-state index contributed by atoms with van der Waals surface area (Å²) >= 11 is 6.09.